The van der Waals surface area contributed by atoms with Crippen LogP contribution in [0, 0.1) is 0 Å². The number of halogens is 1. The number of furan rings is 1. The van der Waals surface area contributed by atoms with Gasteiger partial charge in [0.2, 0.25) is 5.91 Å². The lowest BCUT2D eigenvalue weighted by Gasteiger charge is -2.14. The molecule has 1 amide bonds. The Morgan fingerprint density at radius 1 is 1.64 bits per heavy atom. The lowest BCUT2D eigenvalue weighted by atomic mass is 10.2. The van der Waals surface area contributed by atoms with Crippen LogP contribution >= 0.6 is 15.9 Å². The molecule has 1 aromatic rings. The maximum absolute atomic E-state index is 11.5. The number of carbonyl (C=O) groups is 1. The second-order valence-corrected chi connectivity index (χ2v) is 3.88. The zero-order chi connectivity index (χ0) is 10.4. The third-order valence-corrected chi connectivity index (χ3v) is 2.37. The zero-order valence-corrected chi connectivity index (χ0v) is 9.79. The van der Waals surface area contributed by atoms with Gasteiger partial charge < -0.3 is 9.32 Å². The second kappa shape index (κ2) is 5.86. The van der Waals surface area contributed by atoms with Crippen molar-refractivity contribution in [3.8, 4) is 0 Å². The van der Waals surface area contributed by atoms with Crippen molar-refractivity contribution in [1.29, 1.82) is 0 Å². The van der Waals surface area contributed by atoms with E-state index in [0.29, 0.717) is 12.8 Å². The largest absolute Gasteiger partial charge is 0.469 e. The molecule has 4 heteroatoms. The van der Waals surface area contributed by atoms with Gasteiger partial charge in [-0.1, -0.05) is 15.9 Å². The van der Waals surface area contributed by atoms with Gasteiger partial charge in [-0.25, -0.2) is 0 Å². The fraction of sp³-hybridized carbons (Fsp3) is 0.500. The molecule has 1 rings (SSSR count). The highest BCUT2D eigenvalue weighted by atomic mass is 79.9. The molecular weight excluding hydrogens is 246 g/mol. The van der Waals surface area contributed by atoms with Crippen LogP contribution in [0.25, 0.3) is 0 Å². The monoisotopic (exact) mass is 259 g/mol. The van der Waals surface area contributed by atoms with Crippen molar-refractivity contribution in [3.63, 3.8) is 0 Å². The van der Waals surface area contributed by atoms with Gasteiger partial charge in [0.15, 0.2) is 0 Å². The smallest absolute Gasteiger partial charge is 0.222 e. The summed E-state index contributed by atoms with van der Waals surface area (Å²) in [5.74, 6) is 1.02. The van der Waals surface area contributed by atoms with Gasteiger partial charge in [0.1, 0.15) is 5.76 Å². The van der Waals surface area contributed by atoms with Crippen molar-refractivity contribution in [2.75, 3.05) is 18.9 Å². The number of hydrogen-bond donors (Lipinski definition) is 0. The Hall–Kier alpha value is -0.770. The first-order chi connectivity index (χ1) is 6.74. The predicted molar refractivity (Wildman–Crippen MR) is 58.5 cm³/mol. The lowest BCUT2D eigenvalue weighted by molar-refractivity contribution is -0.129. The van der Waals surface area contributed by atoms with E-state index in [-0.39, 0.29) is 5.91 Å². The van der Waals surface area contributed by atoms with Crippen LogP contribution in [0.1, 0.15) is 12.2 Å². The minimum Gasteiger partial charge on any atom is -0.469 e. The Bertz CT molecular complexity index is 272. The summed E-state index contributed by atoms with van der Waals surface area (Å²) in [6.07, 6.45) is 2.82. The summed E-state index contributed by atoms with van der Waals surface area (Å²) in [6.45, 7) is 0.747. The molecule has 0 spiro atoms. The normalized spacial score (nSPS) is 10.1. The number of nitrogens with zero attached hydrogens (tertiary/aromatic N) is 1. The van der Waals surface area contributed by atoms with E-state index in [4.69, 9.17) is 4.42 Å². The number of hydrogen-bond acceptors (Lipinski definition) is 2. The molecule has 0 bridgehead atoms. The molecule has 0 aromatic carbocycles. The molecule has 0 aliphatic rings. The highest BCUT2D eigenvalue weighted by molar-refractivity contribution is 9.09. The van der Waals surface area contributed by atoms with E-state index in [1.165, 1.54) is 0 Å². The van der Waals surface area contributed by atoms with Crippen LogP contribution in [0.5, 0.6) is 0 Å². The van der Waals surface area contributed by atoms with Crippen LogP contribution in [0.2, 0.25) is 0 Å². The van der Waals surface area contributed by atoms with Gasteiger partial charge in [-0.3, -0.25) is 4.79 Å². The summed E-state index contributed by atoms with van der Waals surface area (Å²) >= 11 is 3.30. The molecule has 0 aliphatic heterocycles. The minimum atomic E-state index is 0.154. The highest BCUT2D eigenvalue weighted by Crippen LogP contribution is 2.05. The Balaban J connectivity index is 2.27. The number of rotatable bonds is 5. The summed E-state index contributed by atoms with van der Waals surface area (Å²) in [6, 6.07) is 3.72. The van der Waals surface area contributed by atoms with E-state index >= 15 is 0 Å². The van der Waals surface area contributed by atoms with Crippen molar-refractivity contribution in [1.82, 2.24) is 4.90 Å². The predicted octanol–water partition coefficient (Wildman–Crippen LogP) is 2.07. The topological polar surface area (TPSA) is 33.5 Å². The molecule has 78 valence electrons. The Kier molecular flexibility index (Phi) is 4.73. The Labute approximate surface area is 92.2 Å². The number of amides is 1. The highest BCUT2D eigenvalue weighted by Gasteiger charge is 2.08. The van der Waals surface area contributed by atoms with E-state index in [2.05, 4.69) is 15.9 Å². The molecule has 0 aliphatic carbocycles. The zero-order valence-electron chi connectivity index (χ0n) is 8.20. The van der Waals surface area contributed by atoms with Gasteiger partial charge >= 0.3 is 0 Å². The molecule has 0 unspecified atom stereocenters. The molecule has 0 saturated heterocycles. The van der Waals surface area contributed by atoms with Crippen LogP contribution < -0.4 is 0 Å². The average Bonchev–Trinajstić information content (AvgIpc) is 2.67. The quantitative estimate of drug-likeness (QED) is 0.759. The molecule has 0 fully saturated rings. The standard InChI is InChI=1S/C10H14BrNO2/c1-12(7-6-11)10(13)5-4-9-3-2-8-14-9/h2-3,8H,4-7H2,1H3. The van der Waals surface area contributed by atoms with Gasteiger partial charge in [0.05, 0.1) is 6.26 Å². The van der Waals surface area contributed by atoms with E-state index in [1.807, 2.05) is 19.2 Å². The molecule has 0 radical (unpaired) electrons. The fourth-order valence-corrected chi connectivity index (χ4v) is 1.66. The second-order valence-electron chi connectivity index (χ2n) is 3.08. The van der Waals surface area contributed by atoms with Gasteiger partial charge in [-0.05, 0) is 12.1 Å². The van der Waals surface area contributed by atoms with Crippen LogP contribution in [0.3, 0.4) is 0 Å². The molecule has 1 aromatic heterocycles. The first-order valence-corrected chi connectivity index (χ1v) is 5.68. The summed E-state index contributed by atoms with van der Waals surface area (Å²) < 4.78 is 5.14. The lowest BCUT2D eigenvalue weighted by Crippen LogP contribution is -2.28. The first-order valence-electron chi connectivity index (χ1n) is 4.56. The number of alkyl halides is 1. The first kappa shape index (κ1) is 11.3. The van der Waals surface area contributed by atoms with Crippen LogP contribution in [-0.2, 0) is 11.2 Å². The summed E-state index contributed by atoms with van der Waals surface area (Å²) in [7, 11) is 1.81. The summed E-state index contributed by atoms with van der Waals surface area (Å²) in [5.41, 5.74) is 0. The van der Waals surface area contributed by atoms with Gasteiger partial charge in [-0.2, -0.15) is 0 Å². The molecule has 14 heavy (non-hydrogen) atoms. The maximum atomic E-state index is 11.5. The molecule has 3 nitrogen and oxygen atoms in total. The summed E-state index contributed by atoms with van der Waals surface area (Å²) in [5, 5.41) is 0.815. The van der Waals surface area contributed by atoms with E-state index in [9.17, 15) is 4.79 Å². The Morgan fingerprint density at radius 2 is 2.43 bits per heavy atom. The third-order valence-electron chi connectivity index (χ3n) is 2.01. The van der Waals surface area contributed by atoms with Gasteiger partial charge in [0, 0.05) is 31.8 Å². The van der Waals surface area contributed by atoms with Crippen LogP contribution in [0.15, 0.2) is 22.8 Å². The van der Waals surface area contributed by atoms with Crippen molar-refractivity contribution in [2.24, 2.45) is 0 Å². The van der Waals surface area contributed by atoms with E-state index in [1.54, 1.807) is 11.2 Å². The van der Waals surface area contributed by atoms with Crippen LogP contribution in [0.4, 0.5) is 0 Å². The average molecular weight is 260 g/mol. The molecular formula is C10H14BrNO2. The third kappa shape index (κ3) is 3.54. The van der Waals surface area contributed by atoms with E-state index < -0.39 is 0 Å². The van der Waals surface area contributed by atoms with E-state index in [0.717, 1.165) is 17.6 Å². The SMILES string of the molecule is CN(CCBr)C(=O)CCc1ccco1. The van der Waals surface area contributed by atoms with Gasteiger partial charge in [-0.15, -0.1) is 0 Å². The van der Waals surface area contributed by atoms with Gasteiger partial charge in [0.25, 0.3) is 0 Å². The molecule has 0 N–H and O–H groups in total. The number of aryl methyl sites for hydroxylation is 1. The van der Waals surface area contributed by atoms with Crippen molar-refractivity contribution < 1.29 is 9.21 Å². The fourth-order valence-electron chi connectivity index (χ4n) is 1.13. The minimum absolute atomic E-state index is 0.154. The van der Waals surface area contributed by atoms with Crippen molar-refractivity contribution in [2.45, 2.75) is 12.8 Å². The number of carbonyl (C=O) groups excluding carboxylic acids is 1. The van der Waals surface area contributed by atoms with Crippen molar-refractivity contribution >= 4 is 21.8 Å². The van der Waals surface area contributed by atoms with Crippen molar-refractivity contribution in [3.05, 3.63) is 24.2 Å². The summed E-state index contributed by atoms with van der Waals surface area (Å²) in [4.78, 5) is 13.2. The maximum Gasteiger partial charge on any atom is 0.222 e. The van der Waals surface area contributed by atoms with Crippen LogP contribution in [-0.4, -0.2) is 29.7 Å². The molecule has 0 atom stereocenters. The molecule has 1 heterocycles. The Morgan fingerprint density at radius 3 is 3.00 bits per heavy atom. The molecule has 0 saturated carbocycles.